The van der Waals surface area contributed by atoms with Crippen LogP contribution >= 0.6 is 0 Å². The van der Waals surface area contributed by atoms with Crippen molar-refractivity contribution >= 4 is 0 Å². The van der Waals surface area contributed by atoms with Crippen molar-refractivity contribution in [3.63, 3.8) is 0 Å². The second-order valence-electron chi connectivity index (χ2n) is 3.41. The normalized spacial score (nSPS) is 12.9. The third-order valence-electron chi connectivity index (χ3n) is 2.13. The number of imidazole rings is 1. The van der Waals surface area contributed by atoms with Gasteiger partial charge in [0.15, 0.2) is 5.82 Å². The molecule has 7 heteroatoms. The number of H-pyrrole nitrogens is 1. The molecular weight excluding hydrogens is 210 g/mol. The molecule has 0 aromatic carbocycles. The van der Waals surface area contributed by atoms with Gasteiger partial charge < -0.3 is 20.3 Å². The fraction of sp³-hybridized carbons (Fsp3) is 0.444. The van der Waals surface area contributed by atoms with E-state index in [2.05, 4.69) is 20.1 Å². The summed E-state index contributed by atoms with van der Waals surface area (Å²) in [6.45, 7) is -0.00520. The Bertz CT molecular complexity index is 425. The molecule has 0 unspecified atom stereocenters. The Kier molecular flexibility index (Phi) is 3.28. The van der Waals surface area contributed by atoms with Gasteiger partial charge in [-0.15, -0.1) is 0 Å². The van der Waals surface area contributed by atoms with E-state index in [-0.39, 0.29) is 12.6 Å². The van der Waals surface area contributed by atoms with E-state index in [1.807, 2.05) is 0 Å². The van der Waals surface area contributed by atoms with Crippen LogP contribution in [0.5, 0.6) is 0 Å². The van der Waals surface area contributed by atoms with Gasteiger partial charge in [-0.3, -0.25) is 0 Å². The molecule has 86 valence electrons. The van der Waals surface area contributed by atoms with Gasteiger partial charge in [-0.05, 0) is 0 Å². The van der Waals surface area contributed by atoms with Crippen molar-refractivity contribution < 1.29 is 9.63 Å². The molecule has 0 aliphatic heterocycles. The zero-order valence-corrected chi connectivity index (χ0v) is 8.63. The molecule has 0 aliphatic rings. The maximum absolute atomic E-state index is 8.71. The summed E-state index contributed by atoms with van der Waals surface area (Å²) < 4.78 is 5.00. The zero-order valence-electron chi connectivity index (χ0n) is 8.63. The van der Waals surface area contributed by atoms with Gasteiger partial charge >= 0.3 is 0 Å². The van der Waals surface area contributed by atoms with E-state index in [1.54, 1.807) is 12.5 Å². The van der Waals surface area contributed by atoms with Crippen LogP contribution in [0, 0.1) is 0 Å². The molecule has 4 N–H and O–H groups in total. The molecule has 2 aromatic heterocycles. The number of aromatic nitrogens is 4. The highest BCUT2D eigenvalue weighted by Gasteiger charge is 2.15. The van der Waals surface area contributed by atoms with Crippen LogP contribution in [-0.4, -0.2) is 31.8 Å². The van der Waals surface area contributed by atoms with E-state index >= 15 is 0 Å². The number of aromatic amines is 1. The Labute approximate surface area is 91.7 Å². The Morgan fingerprint density at radius 3 is 3.12 bits per heavy atom. The fourth-order valence-corrected chi connectivity index (χ4v) is 1.34. The maximum Gasteiger partial charge on any atom is 0.243 e. The smallest absolute Gasteiger partial charge is 0.243 e. The van der Waals surface area contributed by atoms with Gasteiger partial charge in [-0.1, -0.05) is 5.16 Å². The van der Waals surface area contributed by atoms with Crippen molar-refractivity contribution in [2.45, 2.75) is 18.9 Å². The van der Waals surface area contributed by atoms with Gasteiger partial charge in [0, 0.05) is 24.7 Å². The van der Waals surface area contributed by atoms with Gasteiger partial charge in [0.05, 0.1) is 19.0 Å². The van der Waals surface area contributed by atoms with Crippen molar-refractivity contribution in [3.05, 3.63) is 29.9 Å². The van der Waals surface area contributed by atoms with Gasteiger partial charge in [0.2, 0.25) is 5.89 Å². The van der Waals surface area contributed by atoms with Crippen LogP contribution in [0.3, 0.4) is 0 Å². The van der Waals surface area contributed by atoms with E-state index in [0.29, 0.717) is 24.6 Å². The summed E-state index contributed by atoms with van der Waals surface area (Å²) in [5.41, 5.74) is 6.80. The quantitative estimate of drug-likeness (QED) is 0.633. The van der Waals surface area contributed by atoms with Crippen molar-refractivity contribution in [2.75, 3.05) is 6.61 Å². The van der Waals surface area contributed by atoms with Gasteiger partial charge in [-0.25, -0.2) is 4.98 Å². The van der Waals surface area contributed by atoms with Crippen LogP contribution in [0.1, 0.15) is 23.5 Å². The second-order valence-corrected chi connectivity index (χ2v) is 3.41. The number of rotatable bonds is 5. The molecular formula is C9H13N5O2. The maximum atomic E-state index is 8.71. The standard InChI is InChI=1S/C9H13N5O2/c10-7(3-6-4-11-5-12-6)9-13-8(1-2-15)14-16-9/h4-5,7,15H,1-3,10H2,(H,11,12)/t7-/m1/s1. The lowest BCUT2D eigenvalue weighted by Crippen LogP contribution is -2.14. The fourth-order valence-electron chi connectivity index (χ4n) is 1.34. The molecule has 2 aromatic rings. The Morgan fingerprint density at radius 2 is 2.44 bits per heavy atom. The highest BCUT2D eigenvalue weighted by Crippen LogP contribution is 2.12. The van der Waals surface area contributed by atoms with E-state index in [1.165, 1.54) is 0 Å². The summed E-state index contributed by atoms with van der Waals surface area (Å²) in [5, 5.41) is 12.4. The molecule has 0 saturated carbocycles. The molecule has 2 rings (SSSR count). The molecule has 0 fully saturated rings. The summed E-state index contributed by atoms with van der Waals surface area (Å²) in [4.78, 5) is 10.9. The van der Waals surface area contributed by atoms with E-state index in [0.717, 1.165) is 5.69 Å². The highest BCUT2D eigenvalue weighted by atomic mass is 16.5. The van der Waals surface area contributed by atoms with E-state index in [9.17, 15) is 0 Å². The predicted octanol–water partition coefficient (Wildman–Crippen LogP) is -0.430. The molecule has 0 spiro atoms. The van der Waals surface area contributed by atoms with Gasteiger partial charge in [0.1, 0.15) is 0 Å². The summed E-state index contributed by atoms with van der Waals surface area (Å²) >= 11 is 0. The SMILES string of the molecule is N[C@H](Cc1cnc[nH]1)c1nc(CCO)no1. The van der Waals surface area contributed by atoms with Crippen LogP contribution in [0.4, 0.5) is 0 Å². The number of nitrogens with zero attached hydrogens (tertiary/aromatic N) is 3. The first-order chi connectivity index (χ1) is 7.79. The van der Waals surface area contributed by atoms with Crippen molar-refractivity contribution in [1.29, 1.82) is 0 Å². The topological polar surface area (TPSA) is 114 Å². The van der Waals surface area contributed by atoms with E-state index < -0.39 is 0 Å². The first kappa shape index (κ1) is 10.8. The Balaban J connectivity index is 2.00. The summed E-state index contributed by atoms with van der Waals surface area (Å²) in [6.07, 6.45) is 4.22. The van der Waals surface area contributed by atoms with Crippen molar-refractivity contribution in [2.24, 2.45) is 5.73 Å². The van der Waals surface area contributed by atoms with Crippen molar-refractivity contribution in [1.82, 2.24) is 20.1 Å². The lowest BCUT2D eigenvalue weighted by Gasteiger charge is -2.03. The van der Waals surface area contributed by atoms with Crippen LogP contribution < -0.4 is 5.73 Å². The molecule has 0 radical (unpaired) electrons. The third kappa shape index (κ3) is 2.44. The lowest BCUT2D eigenvalue weighted by atomic mass is 10.2. The Hall–Kier alpha value is -1.73. The van der Waals surface area contributed by atoms with E-state index in [4.69, 9.17) is 15.4 Å². The number of nitrogens with two attached hydrogens (primary N) is 1. The minimum absolute atomic E-state index is 0.00520. The molecule has 2 heterocycles. The first-order valence-electron chi connectivity index (χ1n) is 4.95. The summed E-state index contributed by atoms with van der Waals surface area (Å²) in [6, 6.07) is -0.361. The first-order valence-corrected chi connectivity index (χ1v) is 4.95. The molecule has 1 atom stereocenters. The lowest BCUT2D eigenvalue weighted by molar-refractivity contribution is 0.292. The van der Waals surface area contributed by atoms with Crippen LogP contribution in [-0.2, 0) is 12.8 Å². The van der Waals surface area contributed by atoms with Crippen LogP contribution in [0.15, 0.2) is 17.0 Å². The molecule has 0 amide bonds. The summed E-state index contributed by atoms with van der Waals surface area (Å²) in [7, 11) is 0. The van der Waals surface area contributed by atoms with Crippen molar-refractivity contribution in [3.8, 4) is 0 Å². The second kappa shape index (κ2) is 4.86. The molecule has 0 aliphatic carbocycles. The average molecular weight is 223 g/mol. The number of nitrogens with one attached hydrogen (secondary N) is 1. The summed E-state index contributed by atoms with van der Waals surface area (Å²) in [5.74, 6) is 0.843. The molecule has 16 heavy (non-hydrogen) atoms. The number of aliphatic hydroxyl groups is 1. The minimum atomic E-state index is -0.361. The number of hydrogen-bond donors (Lipinski definition) is 3. The average Bonchev–Trinajstić information content (AvgIpc) is 2.89. The number of aliphatic hydroxyl groups excluding tert-OH is 1. The largest absolute Gasteiger partial charge is 0.396 e. The zero-order chi connectivity index (χ0) is 11.4. The Morgan fingerprint density at radius 1 is 1.56 bits per heavy atom. The minimum Gasteiger partial charge on any atom is -0.396 e. The molecule has 0 saturated heterocycles. The third-order valence-corrected chi connectivity index (χ3v) is 2.13. The van der Waals surface area contributed by atoms with Crippen LogP contribution in [0.2, 0.25) is 0 Å². The predicted molar refractivity (Wildman–Crippen MR) is 54.3 cm³/mol. The number of hydrogen-bond acceptors (Lipinski definition) is 6. The van der Waals surface area contributed by atoms with Gasteiger partial charge in [0.25, 0.3) is 0 Å². The molecule has 0 bridgehead atoms. The molecule has 7 nitrogen and oxygen atoms in total. The van der Waals surface area contributed by atoms with Crippen LogP contribution in [0.25, 0.3) is 0 Å². The monoisotopic (exact) mass is 223 g/mol. The van der Waals surface area contributed by atoms with Gasteiger partial charge in [-0.2, -0.15) is 4.98 Å². The highest BCUT2D eigenvalue weighted by molar-refractivity contribution is 5.02.